The lowest BCUT2D eigenvalue weighted by Crippen LogP contribution is -2.37. The number of nitrogens with one attached hydrogen (secondary N) is 2. The van der Waals surface area contributed by atoms with Crippen molar-refractivity contribution in [1.82, 2.24) is 20.1 Å². The molecule has 1 aromatic heterocycles. The van der Waals surface area contributed by atoms with Crippen molar-refractivity contribution in [2.45, 2.75) is 38.6 Å². The monoisotopic (exact) mass is 370 g/mol. The summed E-state index contributed by atoms with van der Waals surface area (Å²) in [6.07, 6.45) is 7.15. The van der Waals surface area contributed by atoms with Gasteiger partial charge in [-0.25, -0.2) is 13.2 Å². The van der Waals surface area contributed by atoms with Crippen molar-refractivity contribution in [2.24, 2.45) is 0 Å². The van der Waals surface area contributed by atoms with E-state index in [1.54, 1.807) is 12.4 Å². The second-order valence-corrected chi connectivity index (χ2v) is 7.89. The Labute approximate surface area is 149 Å². The molecular weight excluding hydrogens is 344 g/mol. The molecule has 0 radical (unpaired) electrons. The van der Waals surface area contributed by atoms with E-state index >= 15 is 0 Å². The highest BCUT2D eigenvalue weighted by molar-refractivity contribution is 7.88. The molecule has 140 valence electrons. The molecule has 0 unspecified atom stereocenters. The molecule has 1 aliphatic heterocycles. The number of amides is 2. The van der Waals surface area contributed by atoms with Crippen LogP contribution in [0.4, 0.5) is 4.79 Å². The minimum atomic E-state index is -3.32. The molecule has 2 N–H and O–H groups in total. The second-order valence-electron chi connectivity index (χ2n) is 5.91. The van der Waals surface area contributed by atoms with Gasteiger partial charge in [0.15, 0.2) is 0 Å². The van der Waals surface area contributed by atoms with Gasteiger partial charge in [-0.3, -0.25) is 9.82 Å². The maximum Gasteiger partial charge on any atom is 0.315 e. The number of pyridine rings is 1. The van der Waals surface area contributed by atoms with E-state index in [-0.39, 0.29) is 11.8 Å². The van der Waals surface area contributed by atoms with Crippen molar-refractivity contribution >= 4 is 16.1 Å². The average Bonchev–Trinajstić information content (AvgIpc) is 2.64. The maximum atomic E-state index is 12.1. The van der Waals surface area contributed by atoms with Gasteiger partial charge in [-0.2, -0.15) is 0 Å². The van der Waals surface area contributed by atoms with E-state index in [2.05, 4.69) is 15.6 Å². The van der Waals surface area contributed by atoms with Crippen molar-refractivity contribution in [2.75, 3.05) is 25.4 Å². The summed E-state index contributed by atoms with van der Waals surface area (Å²) in [5.41, 5.74) is 0.933. The smallest absolute Gasteiger partial charge is 0.315 e. The van der Waals surface area contributed by atoms with E-state index in [1.807, 2.05) is 12.1 Å². The highest BCUT2D eigenvalue weighted by atomic mass is 32.2. The van der Waals surface area contributed by atoms with Crippen LogP contribution in [0.15, 0.2) is 24.5 Å². The van der Waals surface area contributed by atoms with E-state index < -0.39 is 10.0 Å². The highest BCUT2D eigenvalue weighted by Gasteiger charge is 2.24. The Kier molecular flexibility index (Phi) is 8.10. The highest BCUT2D eigenvalue weighted by Crippen LogP contribution is 2.13. The fourth-order valence-corrected chi connectivity index (χ4v) is 3.85. The lowest BCUT2D eigenvalue weighted by Gasteiger charge is -2.25. The summed E-state index contributed by atoms with van der Waals surface area (Å²) in [5, 5.41) is 5.51. The van der Waals surface area contributed by atoms with E-state index in [9.17, 15) is 13.2 Å². The lowest BCUT2D eigenvalue weighted by atomic mass is 10.2. The molecule has 0 spiro atoms. The van der Waals surface area contributed by atoms with E-state index in [1.165, 1.54) is 0 Å². The standard InChI is InChI=1S/C16H26N4O4S/c21-16(19-14-15-7-6-8-17-13-15)18-9-2-1-5-12-25(22,23)20-10-3-4-11-24-20/h6-8,13H,1-5,9-12,14H2,(H2,18,19,21). The van der Waals surface area contributed by atoms with Crippen LogP contribution in [-0.2, 0) is 21.4 Å². The van der Waals surface area contributed by atoms with Crippen molar-refractivity contribution in [3.05, 3.63) is 30.1 Å². The SMILES string of the molecule is O=C(NCCCCCS(=O)(=O)N1CCCCO1)NCc1cccnc1. The Morgan fingerprint density at radius 1 is 1.24 bits per heavy atom. The number of aromatic nitrogens is 1. The van der Waals surface area contributed by atoms with Gasteiger partial charge in [0.05, 0.1) is 12.4 Å². The molecule has 0 saturated carbocycles. The molecule has 8 nitrogen and oxygen atoms in total. The molecule has 2 heterocycles. The first-order valence-corrected chi connectivity index (χ1v) is 10.2. The van der Waals surface area contributed by atoms with Gasteiger partial charge >= 0.3 is 6.03 Å². The third-order valence-electron chi connectivity index (χ3n) is 3.82. The number of carbonyl (C=O) groups excluding carboxylic acids is 1. The van der Waals surface area contributed by atoms with Gasteiger partial charge in [-0.05, 0) is 37.3 Å². The van der Waals surface area contributed by atoms with Gasteiger partial charge in [0, 0.05) is 32.0 Å². The van der Waals surface area contributed by atoms with E-state index in [4.69, 9.17) is 4.84 Å². The van der Waals surface area contributed by atoms with Crippen LogP contribution in [0.25, 0.3) is 0 Å². The molecule has 1 aromatic rings. The number of carbonyl (C=O) groups is 1. The van der Waals surface area contributed by atoms with Crippen molar-refractivity contribution in [3.8, 4) is 0 Å². The second kappa shape index (κ2) is 10.3. The summed E-state index contributed by atoms with van der Waals surface area (Å²) in [4.78, 5) is 20.8. The van der Waals surface area contributed by atoms with Gasteiger partial charge in [-0.1, -0.05) is 17.0 Å². The molecule has 0 aromatic carbocycles. The molecule has 0 atom stereocenters. The van der Waals surface area contributed by atoms with Crippen LogP contribution in [0.3, 0.4) is 0 Å². The summed E-state index contributed by atoms with van der Waals surface area (Å²) >= 11 is 0. The largest absolute Gasteiger partial charge is 0.338 e. The molecule has 2 amide bonds. The number of rotatable bonds is 9. The maximum absolute atomic E-state index is 12.1. The first kappa shape index (κ1) is 19.6. The molecule has 25 heavy (non-hydrogen) atoms. The number of hydrogen-bond acceptors (Lipinski definition) is 5. The fraction of sp³-hybridized carbons (Fsp3) is 0.625. The van der Waals surface area contributed by atoms with Gasteiger partial charge < -0.3 is 10.6 Å². The molecule has 0 bridgehead atoms. The lowest BCUT2D eigenvalue weighted by molar-refractivity contribution is -0.108. The third kappa shape index (κ3) is 7.37. The van der Waals surface area contributed by atoms with E-state index in [0.717, 1.165) is 35.7 Å². The van der Waals surface area contributed by atoms with Crippen molar-refractivity contribution < 1.29 is 18.0 Å². The molecule has 1 aliphatic rings. The average molecular weight is 370 g/mol. The van der Waals surface area contributed by atoms with Crippen LogP contribution in [0, 0.1) is 0 Å². The van der Waals surface area contributed by atoms with Crippen LogP contribution in [0.1, 0.15) is 37.7 Å². The topological polar surface area (TPSA) is 101 Å². The number of hydroxylamine groups is 1. The van der Waals surface area contributed by atoms with Crippen LogP contribution < -0.4 is 10.6 Å². The number of unbranched alkanes of at least 4 members (excludes halogenated alkanes) is 2. The zero-order valence-electron chi connectivity index (χ0n) is 14.3. The van der Waals surface area contributed by atoms with Crippen molar-refractivity contribution in [3.63, 3.8) is 0 Å². The molecule has 1 fully saturated rings. The quantitative estimate of drug-likeness (QED) is 0.640. The minimum absolute atomic E-state index is 0.0835. The minimum Gasteiger partial charge on any atom is -0.338 e. The zero-order chi connectivity index (χ0) is 18.0. The summed E-state index contributed by atoms with van der Waals surface area (Å²) in [6, 6.07) is 3.47. The fourth-order valence-electron chi connectivity index (χ4n) is 2.43. The first-order valence-electron chi connectivity index (χ1n) is 8.62. The first-order chi connectivity index (χ1) is 12.1. The third-order valence-corrected chi connectivity index (χ3v) is 5.53. The van der Waals surface area contributed by atoms with Crippen LogP contribution in [0.5, 0.6) is 0 Å². The van der Waals surface area contributed by atoms with Gasteiger partial charge in [0.2, 0.25) is 10.0 Å². The van der Waals surface area contributed by atoms with Crippen LogP contribution in [0.2, 0.25) is 0 Å². The van der Waals surface area contributed by atoms with Crippen LogP contribution in [-0.4, -0.2) is 49.4 Å². The predicted octanol–water partition coefficient (Wildman–Crippen LogP) is 1.41. The summed E-state index contributed by atoms with van der Waals surface area (Å²) in [5.74, 6) is 0.0835. The summed E-state index contributed by atoms with van der Waals surface area (Å²) < 4.78 is 25.3. The van der Waals surface area contributed by atoms with Gasteiger partial charge in [-0.15, -0.1) is 0 Å². The molecule has 9 heteroatoms. The molecule has 2 rings (SSSR count). The van der Waals surface area contributed by atoms with Gasteiger partial charge in [0.1, 0.15) is 0 Å². The Hall–Kier alpha value is -1.71. The van der Waals surface area contributed by atoms with Crippen molar-refractivity contribution in [1.29, 1.82) is 0 Å². The zero-order valence-corrected chi connectivity index (χ0v) is 15.1. The molecule has 0 aliphatic carbocycles. The van der Waals surface area contributed by atoms with Crippen LogP contribution >= 0.6 is 0 Å². The molecule has 1 saturated heterocycles. The normalized spacial score (nSPS) is 15.7. The molecular formula is C16H26N4O4S. The number of nitrogens with zero attached hydrogens (tertiary/aromatic N) is 2. The Bertz CT molecular complexity index is 618. The number of urea groups is 1. The van der Waals surface area contributed by atoms with Gasteiger partial charge in [0.25, 0.3) is 0 Å². The Balaban J connectivity index is 1.52. The summed E-state index contributed by atoms with van der Waals surface area (Å²) in [6.45, 7) is 1.85. The number of sulfonamides is 1. The Morgan fingerprint density at radius 2 is 2.12 bits per heavy atom. The predicted molar refractivity (Wildman–Crippen MR) is 94.0 cm³/mol. The Morgan fingerprint density at radius 3 is 2.84 bits per heavy atom. The summed E-state index contributed by atoms with van der Waals surface area (Å²) in [7, 11) is -3.32. The van der Waals surface area contributed by atoms with E-state index in [0.29, 0.717) is 32.7 Å². The number of hydrogen-bond donors (Lipinski definition) is 2.